The lowest BCUT2D eigenvalue weighted by Gasteiger charge is -1.77. The van der Waals surface area contributed by atoms with Crippen molar-refractivity contribution < 1.29 is 4.79 Å². The maximum atomic E-state index is 10.5. The Morgan fingerprint density at radius 2 is 2.36 bits per heavy atom. The fraction of sp³-hybridized carbons (Fsp3) is 0.400. The predicted octanol–water partition coefficient (Wildman–Crippen LogP) is 1.37. The zero-order chi connectivity index (χ0) is 8.27. The van der Waals surface area contributed by atoms with E-state index in [0.29, 0.717) is 4.80 Å². The van der Waals surface area contributed by atoms with Crippen LogP contribution in [0, 0.1) is 0 Å². The van der Waals surface area contributed by atoms with Crippen molar-refractivity contribution in [3.63, 3.8) is 0 Å². The van der Waals surface area contributed by atoms with Gasteiger partial charge in [0.1, 0.15) is 0 Å². The summed E-state index contributed by atoms with van der Waals surface area (Å²) in [6.45, 7) is 1.42. The van der Waals surface area contributed by atoms with Gasteiger partial charge in [0.05, 0.1) is 0 Å². The monoisotopic (exact) mass is 206 g/mol. The SMILES string of the molecule is CSc1nc(=NC(C)=O)ss1. The third-order valence-electron chi connectivity index (χ3n) is 0.802. The summed E-state index contributed by atoms with van der Waals surface area (Å²) in [5.74, 6) is -0.195. The third kappa shape index (κ3) is 2.72. The van der Waals surface area contributed by atoms with E-state index in [1.807, 2.05) is 6.26 Å². The highest BCUT2D eigenvalue weighted by molar-refractivity contribution is 8.01. The molecule has 1 rings (SSSR count). The summed E-state index contributed by atoms with van der Waals surface area (Å²) in [4.78, 5) is 18.8. The van der Waals surface area contributed by atoms with E-state index in [1.165, 1.54) is 27.6 Å². The molecule has 1 amide bonds. The third-order valence-corrected chi connectivity index (χ3v) is 4.13. The Hall–Kier alpha value is -0.200. The first-order valence-corrected chi connectivity index (χ1v) is 6.16. The molecule has 11 heavy (non-hydrogen) atoms. The van der Waals surface area contributed by atoms with Gasteiger partial charge in [0.25, 0.3) is 0 Å². The van der Waals surface area contributed by atoms with Crippen molar-refractivity contribution in [1.82, 2.24) is 4.98 Å². The fourth-order valence-corrected chi connectivity index (χ4v) is 3.27. The van der Waals surface area contributed by atoms with Crippen molar-refractivity contribution in [2.45, 2.75) is 11.3 Å². The van der Waals surface area contributed by atoms with Crippen LogP contribution < -0.4 is 4.80 Å². The molecule has 1 heterocycles. The van der Waals surface area contributed by atoms with Gasteiger partial charge < -0.3 is 0 Å². The molecule has 60 valence electrons. The Kier molecular flexibility index (Phi) is 3.22. The first-order valence-electron chi connectivity index (χ1n) is 2.79. The second-order valence-corrected chi connectivity index (χ2v) is 4.80. The van der Waals surface area contributed by atoms with Crippen LogP contribution in [0.3, 0.4) is 0 Å². The van der Waals surface area contributed by atoms with E-state index in [2.05, 4.69) is 9.98 Å². The zero-order valence-corrected chi connectivity index (χ0v) is 8.48. The summed E-state index contributed by atoms with van der Waals surface area (Å²) in [7, 11) is 2.96. The maximum absolute atomic E-state index is 10.5. The lowest BCUT2D eigenvalue weighted by Crippen LogP contribution is -2.01. The minimum atomic E-state index is -0.195. The van der Waals surface area contributed by atoms with Crippen molar-refractivity contribution in [1.29, 1.82) is 0 Å². The van der Waals surface area contributed by atoms with Crippen LogP contribution in [0.1, 0.15) is 6.92 Å². The van der Waals surface area contributed by atoms with E-state index in [0.717, 1.165) is 4.34 Å². The van der Waals surface area contributed by atoms with Crippen LogP contribution in [-0.4, -0.2) is 17.1 Å². The van der Waals surface area contributed by atoms with Crippen molar-refractivity contribution in [3.05, 3.63) is 4.80 Å². The van der Waals surface area contributed by atoms with Gasteiger partial charge in [-0.15, -0.1) is 0 Å². The molecule has 3 nitrogen and oxygen atoms in total. The molecule has 0 saturated heterocycles. The molecule has 0 spiro atoms. The van der Waals surface area contributed by atoms with Gasteiger partial charge in [-0.3, -0.25) is 4.79 Å². The smallest absolute Gasteiger partial charge is 0.245 e. The van der Waals surface area contributed by atoms with Crippen LogP contribution in [0.5, 0.6) is 0 Å². The maximum Gasteiger partial charge on any atom is 0.245 e. The van der Waals surface area contributed by atoms with Crippen LogP contribution in [0.2, 0.25) is 0 Å². The molecule has 0 radical (unpaired) electrons. The predicted molar refractivity (Wildman–Crippen MR) is 48.0 cm³/mol. The molecule has 0 atom stereocenters. The summed E-state index contributed by atoms with van der Waals surface area (Å²) in [5.41, 5.74) is 0. The Morgan fingerprint density at radius 3 is 2.82 bits per heavy atom. The second kappa shape index (κ2) is 3.99. The van der Waals surface area contributed by atoms with Gasteiger partial charge in [-0.25, -0.2) is 0 Å². The van der Waals surface area contributed by atoms with Gasteiger partial charge >= 0.3 is 0 Å². The molecule has 0 bridgehead atoms. The first kappa shape index (κ1) is 8.89. The minimum absolute atomic E-state index is 0.195. The van der Waals surface area contributed by atoms with Crippen LogP contribution in [-0.2, 0) is 4.79 Å². The number of thioether (sulfide) groups is 1. The number of carbonyl (C=O) groups excluding carboxylic acids is 1. The summed E-state index contributed by atoms with van der Waals surface area (Å²) >= 11 is 1.56. The van der Waals surface area contributed by atoms with Crippen LogP contribution in [0.25, 0.3) is 0 Å². The number of aromatic nitrogens is 1. The van der Waals surface area contributed by atoms with E-state index in [9.17, 15) is 4.79 Å². The van der Waals surface area contributed by atoms with Crippen LogP contribution in [0.4, 0.5) is 0 Å². The number of nitrogens with zero attached hydrogens (tertiary/aromatic N) is 2. The molecular formula is C5H6N2OS3. The van der Waals surface area contributed by atoms with E-state index in [-0.39, 0.29) is 5.91 Å². The Labute approximate surface area is 75.6 Å². The molecule has 1 aromatic heterocycles. The van der Waals surface area contributed by atoms with Gasteiger partial charge in [-0.2, -0.15) is 9.98 Å². The van der Waals surface area contributed by atoms with E-state index >= 15 is 0 Å². The number of hydrogen-bond donors (Lipinski definition) is 0. The topological polar surface area (TPSA) is 42.3 Å². The van der Waals surface area contributed by atoms with Crippen molar-refractivity contribution >= 4 is 38.3 Å². The Balaban J connectivity index is 2.97. The van der Waals surface area contributed by atoms with Gasteiger partial charge in [0.2, 0.25) is 10.7 Å². The van der Waals surface area contributed by atoms with E-state index < -0.39 is 0 Å². The van der Waals surface area contributed by atoms with Gasteiger partial charge in [-0.1, -0.05) is 11.8 Å². The van der Waals surface area contributed by atoms with Gasteiger partial charge in [-0.05, 0) is 26.9 Å². The standard InChI is InChI=1S/C5H6N2OS3/c1-3(8)6-4-7-5(9-2)11-10-4/h1-2H3. The summed E-state index contributed by atoms with van der Waals surface area (Å²) in [6.07, 6.45) is 1.95. The number of amides is 1. The fourth-order valence-electron chi connectivity index (χ4n) is 0.446. The summed E-state index contributed by atoms with van der Waals surface area (Å²) in [6, 6.07) is 0. The lowest BCUT2D eigenvalue weighted by atomic mass is 10.8. The average molecular weight is 206 g/mol. The minimum Gasteiger partial charge on any atom is -0.273 e. The Morgan fingerprint density at radius 1 is 1.64 bits per heavy atom. The highest BCUT2D eigenvalue weighted by Crippen LogP contribution is 2.17. The molecule has 1 aromatic rings. The lowest BCUT2D eigenvalue weighted by molar-refractivity contribution is -0.116. The quantitative estimate of drug-likeness (QED) is 0.515. The normalized spacial score (nSPS) is 12.0. The van der Waals surface area contributed by atoms with Crippen LogP contribution in [0.15, 0.2) is 9.33 Å². The highest BCUT2D eigenvalue weighted by Gasteiger charge is 1.95. The summed E-state index contributed by atoms with van der Waals surface area (Å²) < 4.78 is 0.954. The first-order chi connectivity index (χ1) is 5.22. The van der Waals surface area contributed by atoms with E-state index in [1.54, 1.807) is 11.8 Å². The molecule has 0 aliphatic rings. The average Bonchev–Trinajstić information content (AvgIpc) is 2.34. The van der Waals surface area contributed by atoms with Crippen molar-refractivity contribution in [2.75, 3.05) is 6.26 Å². The zero-order valence-electron chi connectivity index (χ0n) is 6.03. The molecule has 0 saturated carbocycles. The number of hydrogen-bond acceptors (Lipinski definition) is 5. The largest absolute Gasteiger partial charge is 0.273 e. The van der Waals surface area contributed by atoms with Crippen molar-refractivity contribution in [2.24, 2.45) is 4.99 Å². The van der Waals surface area contributed by atoms with Gasteiger partial charge in [0.15, 0.2) is 4.34 Å². The molecule has 0 aliphatic carbocycles. The molecule has 0 N–H and O–H groups in total. The molecule has 0 aromatic carbocycles. The van der Waals surface area contributed by atoms with Crippen LogP contribution >= 0.6 is 32.4 Å². The molecule has 0 fully saturated rings. The molecule has 0 aliphatic heterocycles. The number of rotatable bonds is 1. The van der Waals surface area contributed by atoms with E-state index in [4.69, 9.17) is 0 Å². The number of carbonyl (C=O) groups is 1. The summed E-state index contributed by atoms with van der Waals surface area (Å²) in [5, 5.41) is 0. The molecule has 0 unspecified atom stereocenters. The Bertz CT molecular complexity index is 314. The molecular weight excluding hydrogens is 200 g/mol. The highest BCUT2D eigenvalue weighted by atomic mass is 32.9. The van der Waals surface area contributed by atoms with Gasteiger partial charge in [0, 0.05) is 6.92 Å². The molecule has 6 heteroatoms. The second-order valence-electron chi connectivity index (χ2n) is 1.66. The van der Waals surface area contributed by atoms with Crippen molar-refractivity contribution in [3.8, 4) is 0 Å².